The molecule has 0 spiro atoms. The second-order valence-electron chi connectivity index (χ2n) is 6.35. The Morgan fingerprint density at radius 1 is 0.720 bits per heavy atom. The van der Waals surface area contributed by atoms with Crippen LogP contribution in [0.3, 0.4) is 0 Å². The molecule has 0 fully saturated rings. The van der Waals surface area contributed by atoms with Crippen molar-refractivity contribution in [2.45, 2.75) is 13.8 Å². The van der Waals surface area contributed by atoms with Gasteiger partial charge in [0.25, 0.3) is 0 Å². The van der Waals surface area contributed by atoms with E-state index in [4.69, 9.17) is 0 Å². The van der Waals surface area contributed by atoms with Crippen LogP contribution in [0.25, 0.3) is 39.1 Å². The molecule has 0 aliphatic rings. The SMILES string of the molecule is C/C=C\C=C/n1c2ccccc2c2cc(-c3ccc(C)cc3)ccc21. The van der Waals surface area contributed by atoms with Crippen LogP contribution in [0.15, 0.2) is 85.0 Å². The summed E-state index contributed by atoms with van der Waals surface area (Å²) < 4.78 is 2.27. The zero-order valence-electron chi connectivity index (χ0n) is 14.6. The minimum atomic E-state index is 1.23. The molecular weight excluding hydrogens is 302 g/mol. The fraction of sp³-hybridized carbons (Fsp3) is 0.0833. The molecule has 4 rings (SSSR count). The van der Waals surface area contributed by atoms with E-state index in [0.29, 0.717) is 0 Å². The first-order valence-electron chi connectivity index (χ1n) is 8.67. The van der Waals surface area contributed by atoms with Crippen molar-refractivity contribution >= 4 is 28.0 Å². The first-order chi connectivity index (χ1) is 12.3. The van der Waals surface area contributed by atoms with Gasteiger partial charge >= 0.3 is 0 Å². The van der Waals surface area contributed by atoms with Gasteiger partial charge in [-0.1, -0.05) is 66.2 Å². The Hall–Kier alpha value is -3.06. The van der Waals surface area contributed by atoms with Gasteiger partial charge < -0.3 is 4.57 Å². The van der Waals surface area contributed by atoms with E-state index in [1.165, 1.54) is 38.5 Å². The molecule has 0 saturated heterocycles. The van der Waals surface area contributed by atoms with Crippen molar-refractivity contribution in [1.29, 1.82) is 0 Å². The summed E-state index contributed by atoms with van der Waals surface area (Å²) in [7, 11) is 0. The molecule has 4 aromatic rings. The number of rotatable bonds is 3. The highest BCUT2D eigenvalue weighted by Gasteiger charge is 2.09. The molecular formula is C24H21N. The van der Waals surface area contributed by atoms with Gasteiger partial charge in [-0.05, 0) is 49.2 Å². The highest BCUT2D eigenvalue weighted by Crippen LogP contribution is 2.32. The van der Waals surface area contributed by atoms with Crippen molar-refractivity contribution in [1.82, 2.24) is 4.57 Å². The van der Waals surface area contributed by atoms with Crippen LogP contribution in [0.5, 0.6) is 0 Å². The van der Waals surface area contributed by atoms with Crippen molar-refractivity contribution in [2.75, 3.05) is 0 Å². The largest absolute Gasteiger partial charge is 0.316 e. The molecule has 0 bridgehead atoms. The maximum atomic E-state index is 2.31. The Kier molecular flexibility index (Phi) is 3.99. The predicted octanol–water partition coefficient (Wildman–Crippen LogP) is 6.82. The van der Waals surface area contributed by atoms with Crippen LogP contribution in [0.1, 0.15) is 12.5 Å². The van der Waals surface area contributed by atoms with Gasteiger partial charge in [0.15, 0.2) is 0 Å². The third kappa shape index (κ3) is 2.78. The van der Waals surface area contributed by atoms with Crippen LogP contribution in [0, 0.1) is 6.92 Å². The Morgan fingerprint density at radius 2 is 1.44 bits per heavy atom. The molecule has 0 radical (unpaired) electrons. The van der Waals surface area contributed by atoms with Crippen molar-refractivity contribution in [2.24, 2.45) is 0 Å². The van der Waals surface area contributed by atoms with Gasteiger partial charge in [-0.3, -0.25) is 0 Å². The van der Waals surface area contributed by atoms with Gasteiger partial charge in [0.2, 0.25) is 0 Å². The van der Waals surface area contributed by atoms with E-state index in [2.05, 4.69) is 96.6 Å². The Morgan fingerprint density at radius 3 is 2.24 bits per heavy atom. The average Bonchev–Trinajstić information content (AvgIpc) is 2.96. The van der Waals surface area contributed by atoms with E-state index in [-0.39, 0.29) is 0 Å². The maximum Gasteiger partial charge on any atom is 0.0535 e. The van der Waals surface area contributed by atoms with Crippen molar-refractivity contribution in [3.05, 3.63) is 90.5 Å². The average molecular weight is 323 g/mol. The van der Waals surface area contributed by atoms with Gasteiger partial charge in [-0.2, -0.15) is 0 Å². The van der Waals surface area contributed by atoms with Crippen molar-refractivity contribution < 1.29 is 0 Å². The summed E-state index contributed by atoms with van der Waals surface area (Å²) in [5, 5.41) is 2.58. The van der Waals surface area contributed by atoms with E-state index in [1.807, 2.05) is 13.0 Å². The van der Waals surface area contributed by atoms with Crippen LogP contribution in [-0.2, 0) is 0 Å². The topological polar surface area (TPSA) is 4.93 Å². The lowest BCUT2D eigenvalue weighted by atomic mass is 10.0. The van der Waals surface area contributed by atoms with Gasteiger partial charge in [-0.25, -0.2) is 0 Å². The summed E-state index contributed by atoms with van der Waals surface area (Å²) in [5.74, 6) is 0. The van der Waals surface area contributed by atoms with Crippen LogP contribution in [0.2, 0.25) is 0 Å². The lowest BCUT2D eigenvalue weighted by molar-refractivity contribution is 1.29. The van der Waals surface area contributed by atoms with Gasteiger partial charge in [-0.15, -0.1) is 0 Å². The first-order valence-corrected chi connectivity index (χ1v) is 8.67. The van der Waals surface area contributed by atoms with Gasteiger partial charge in [0.1, 0.15) is 0 Å². The van der Waals surface area contributed by atoms with E-state index >= 15 is 0 Å². The van der Waals surface area contributed by atoms with Gasteiger partial charge in [0, 0.05) is 17.0 Å². The highest BCUT2D eigenvalue weighted by molar-refractivity contribution is 6.10. The third-order valence-corrected chi connectivity index (χ3v) is 4.63. The summed E-state index contributed by atoms with van der Waals surface area (Å²) >= 11 is 0. The van der Waals surface area contributed by atoms with Crippen LogP contribution in [0.4, 0.5) is 0 Å². The number of fused-ring (bicyclic) bond motifs is 3. The monoisotopic (exact) mass is 323 g/mol. The molecule has 1 aromatic heterocycles. The first kappa shape index (κ1) is 15.5. The molecule has 122 valence electrons. The zero-order valence-corrected chi connectivity index (χ0v) is 14.6. The zero-order chi connectivity index (χ0) is 17.2. The lowest BCUT2D eigenvalue weighted by Crippen LogP contribution is -1.85. The Bertz CT molecular complexity index is 1090. The Labute approximate surface area is 148 Å². The standard InChI is InChI=1S/C24H21N/c1-3-4-7-16-25-23-9-6-5-8-21(23)22-17-20(14-15-24(22)25)19-12-10-18(2)11-13-19/h3-17H,1-2H3/b4-3-,16-7-. The normalized spacial score (nSPS) is 12.1. The molecule has 0 atom stereocenters. The van der Waals surface area contributed by atoms with E-state index in [9.17, 15) is 0 Å². The molecule has 3 aromatic carbocycles. The summed E-state index contributed by atoms with van der Waals surface area (Å²) in [6.07, 6.45) is 8.32. The van der Waals surface area contributed by atoms with Crippen molar-refractivity contribution in [3.8, 4) is 11.1 Å². The fourth-order valence-electron chi connectivity index (χ4n) is 3.34. The molecule has 0 aliphatic heterocycles. The molecule has 1 heteroatoms. The number of para-hydroxylation sites is 1. The number of aryl methyl sites for hydroxylation is 1. The Balaban J connectivity index is 1.96. The molecule has 1 heterocycles. The number of hydrogen-bond acceptors (Lipinski definition) is 0. The predicted molar refractivity (Wildman–Crippen MR) is 110 cm³/mol. The molecule has 0 amide bonds. The number of aromatic nitrogens is 1. The van der Waals surface area contributed by atoms with E-state index in [0.717, 1.165) is 0 Å². The number of hydrogen-bond donors (Lipinski definition) is 0. The summed E-state index contributed by atoms with van der Waals surface area (Å²) in [6.45, 7) is 4.15. The molecule has 25 heavy (non-hydrogen) atoms. The minimum Gasteiger partial charge on any atom is -0.316 e. The fourth-order valence-corrected chi connectivity index (χ4v) is 3.34. The van der Waals surface area contributed by atoms with Crippen LogP contribution >= 0.6 is 0 Å². The molecule has 0 N–H and O–H groups in total. The quantitative estimate of drug-likeness (QED) is 0.365. The number of allylic oxidation sites excluding steroid dienone is 3. The smallest absolute Gasteiger partial charge is 0.0535 e. The second kappa shape index (κ2) is 6.45. The highest BCUT2D eigenvalue weighted by atomic mass is 14.9. The van der Waals surface area contributed by atoms with Gasteiger partial charge in [0.05, 0.1) is 11.0 Å². The molecule has 0 saturated carbocycles. The summed E-state index contributed by atoms with van der Waals surface area (Å²) in [6, 6.07) is 24.1. The number of benzene rings is 3. The summed E-state index contributed by atoms with van der Waals surface area (Å²) in [5.41, 5.74) is 6.27. The second-order valence-corrected chi connectivity index (χ2v) is 6.35. The van der Waals surface area contributed by atoms with E-state index < -0.39 is 0 Å². The van der Waals surface area contributed by atoms with Crippen LogP contribution < -0.4 is 0 Å². The lowest BCUT2D eigenvalue weighted by Gasteiger charge is -2.04. The van der Waals surface area contributed by atoms with E-state index in [1.54, 1.807) is 0 Å². The molecule has 1 nitrogen and oxygen atoms in total. The van der Waals surface area contributed by atoms with Crippen molar-refractivity contribution in [3.63, 3.8) is 0 Å². The minimum absolute atomic E-state index is 1.23. The number of nitrogens with zero attached hydrogens (tertiary/aromatic N) is 1. The maximum absolute atomic E-state index is 2.31. The molecule has 0 aliphatic carbocycles. The summed E-state index contributed by atoms with van der Waals surface area (Å²) in [4.78, 5) is 0. The third-order valence-electron chi connectivity index (χ3n) is 4.63. The van der Waals surface area contributed by atoms with Crippen LogP contribution in [-0.4, -0.2) is 4.57 Å². The molecule has 0 unspecified atom stereocenters.